The van der Waals surface area contributed by atoms with Crippen molar-refractivity contribution in [1.82, 2.24) is 24.6 Å². The highest BCUT2D eigenvalue weighted by Crippen LogP contribution is 2.17. The van der Waals surface area contributed by atoms with E-state index in [4.69, 9.17) is 0 Å². The molecule has 2 aliphatic rings. The zero-order chi connectivity index (χ0) is 20.1. The molecule has 4 rings (SSSR count). The number of pyridine rings is 1. The van der Waals surface area contributed by atoms with E-state index in [1.165, 1.54) is 11.1 Å². The van der Waals surface area contributed by atoms with Crippen molar-refractivity contribution in [2.45, 2.75) is 45.1 Å². The van der Waals surface area contributed by atoms with Crippen LogP contribution in [-0.4, -0.2) is 63.2 Å². The van der Waals surface area contributed by atoms with Crippen molar-refractivity contribution in [3.63, 3.8) is 0 Å². The van der Waals surface area contributed by atoms with Gasteiger partial charge in [0.2, 0.25) is 5.91 Å². The smallest absolute Gasteiger partial charge is 0.267 e. The van der Waals surface area contributed by atoms with E-state index in [-0.39, 0.29) is 18.0 Å². The third-order valence-corrected chi connectivity index (χ3v) is 5.94. The number of rotatable bonds is 5. The van der Waals surface area contributed by atoms with Crippen molar-refractivity contribution >= 4 is 5.91 Å². The first-order valence-corrected chi connectivity index (χ1v) is 10.7. The van der Waals surface area contributed by atoms with Gasteiger partial charge in [-0.3, -0.25) is 19.5 Å². The summed E-state index contributed by atoms with van der Waals surface area (Å²) in [6.45, 7) is 4.09. The van der Waals surface area contributed by atoms with E-state index in [1.54, 1.807) is 6.07 Å². The highest BCUT2D eigenvalue weighted by atomic mass is 16.2. The van der Waals surface area contributed by atoms with Crippen LogP contribution in [0, 0.1) is 0 Å². The van der Waals surface area contributed by atoms with Crippen molar-refractivity contribution < 1.29 is 4.79 Å². The van der Waals surface area contributed by atoms with Gasteiger partial charge in [0.25, 0.3) is 5.56 Å². The van der Waals surface area contributed by atoms with Gasteiger partial charge in [-0.2, -0.15) is 5.10 Å². The van der Waals surface area contributed by atoms with Crippen LogP contribution in [0.2, 0.25) is 0 Å². The summed E-state index contributed by atoms with van der Waals surface area (Å²) >= 11 is 0. The minimum atomic E-state index is -0.159. The first-order valence-electron chi connectivity index (χ1n) is 10.7. The molecule has 0 saturated carbocycles. The van der Waals surface area contributed by atoms with Gasteiger partial charge in [-0.05, 0) is 43.4 Å². The molecule has 0 N–H and O–H groups in total. The molecule has 2 aromatic rings. The van der Waals surface area contributed by atoms with E-state index in [9.17, 15) is 9.59 Å². The fourth-order valence-electron chi connectivity index (χ4n) is 4.16. The summed E-state index contributed by atoms with van der Waals surface area (Å²) in [5.74, 6) is -0.0162. The normalized spacial score (nSPS) is 17.6. The Morgan fingerprint density at radius 1 is 1.03 bits per heavy atom. The first-order chi connectivity index (χ1) is 14.2. The van der Waals surface area contributed by atoms with Crippen LogP contribution < -0.4 is 5.56 Å². The summed E-state index contributed by atoms with van der Waals surface area (Å²) in [6.07, 6.45) is 7.96. The number of carbonyl (C=O) groups excluding carboxylic acids is 1. The monoisotopic (exact) mass is 395 g/mol. The third kappa shape index (κ3) is 5.09. The van der Waals surface area contributed by atoms with Gasteiger partial charge in [-0.1, -0.05) is 12.5 Å². The number of nitrogens with zero attached hydrogens (tertiary/aromatic N) is 5. The molecule has 1 saturated heterocycles. The Morgan fingerprint density at radius 2 is 1.86 bits per heavy atom. The van der Waals surface area contributed by atoms with Crippen LogP contribution in [0.4, 0.5) is 0 Å². The number of amides is 1. The third-order valence-electron chi connectivity index (χ3n) is 5.94. The minimum absolute atomic E-state index is 0.0162. The van der Waals surface area contributed by atoms with E-state index in [0.29, 0.717) is 13.1 Å². The van der Waals surface area contributed by atoms with E-state index in [2.05, 4.69) is 15.0 Å². The lowest BCUT2D eigenvalue weighted by atomic mass is 10.1. The van der Waals surface area contributed by atoms with E-state index < -0.39 is 0 Å². The predicted molar refractivity (Wildman–Crippen MR) is 111 cm³/mol. The average molecular weight is 396 g/mol. The molecule has 29 heavy (non-hydrogen) atoms. The van der Waals surface area contributed by atoms with Crippen molar-refractivity contribution in [2.24, 2.45) is 0 Å². The SMILES string of the molecule is O=C(Cn1nc2c(cc1=O)CCCCC2)N1CCN(CCc2ccccn2)CC1. The molecular weight excluding hydrogens is 366 g/mol. The molecule has 0 spiro atoms. The van der Waals surface area contributed by atoms with Gasteiger partial charge in [0.15, 0.2) is 0 Å². The molecule has 0 atom stereocenters. The molecule has 154 valence electrons. The molecule has 0 bridgehead atoms. The lowest BCUT2D eigenvalue weighted by Crippen LogP contribution is -2.50. The second kappa shape index (κ2) is 9.31. The van der Waals surface area contributed by atoms with Gasteiger partial charge in [0.05, 0.1) is 5.69 Å². The molecule has 1 fully saturated rings. The van der Waals surface area contributed by atoms with E-state index in [1.807, 2.05) is 29.3 Å². The zero-order valence-corrected chi connectivity index (χ0v) is 16.9. The summed E-state index contributed by atoms with van der Waals surface area (Å²) in [5.41, 5.74) is 3.00. The number of aromatic nitrogens is 3. The van der Waals surface area contributed by atoms with Crippen molar-refractivity contribution in [3.8, 4) is 0 Å². The second-order valence-corrected chi connectivity index (χ2v) is 7.97. The fourth-order valence-corrected chi connectivity index (χ4v) is 4.16. The Balaban J connectivity index is 1.30. The topological polar surface area (TPSA) is 71.3 Å². The number of carbonyl (C=O) groups is 1. The highest BCUT2D eigenvalue weighted by molar-refractivity contribution is 5.76. The standard InChI is InChI=1S/C22H29N5O2/c28-21-16-18-6-2-1-3-8-20(18)24-27(21)17-22(29)26-14-12-25(13-15-26)11-9-19-7-4-5-10-23-19/h4-5,7,10,16H,1-3,6,8-9,11-15,17H2. The maximum Gasteiger partial charge on any atom is 0.267 e. The maximum atomic E-state index is 12.7. The highest BCUT2D eigenvalue weighted by Gasteiger charge is 2.22. The van der Waals surface area contributed by atoms with Gasteiger partial charge in [-0.25, -0.2) is 4.68 Å². The summed E-state index contributed by atoms with van der Waals surface area (Å²) in [4.78, 5) is 33.7. The molecular formula is C22H29N5O2. The van der Waals surface area contributed by atoms with Gasteiger partial charge < -0.3 is 4.90 Å². The molecule has 1 aliphatic carbocycles. The summed E-state index contributed by atoms with van der Waals surface area (Å²) in [6, 6.07) is 7.68. The van der Waals surface area contributed by atoms with E-state index >= 15 is 0 Å². The number of aryl methyl sites for hydroxylation is 2. The Bertz CT molecular complexity index is 888. The van der Waals surface area contributed by atoms with Crippen molar-refractivity contribution in [3.05, 3.63) is 57.8 Å². The van der Waals surface area contributed by atoms with Crippen molar-refractivity contribution in [2.75, 3.05) is 32.7 Å². The van der Waals surface area contributed by atoms with Crippen LogP contribution in [0.3, 0.4) is 0 Å². The number of hydrogen-bond donors (Lipinski definition) is 0. The molecule has 2 aromatic heterocycles. The number of hydrogen-bond acceptors (Lipinski definition) is 5. The molecule has 0 aromatic carbocycles. The average Bonchev–Trinajstić information content (AvgIpc) is 2.98. The van der Waals surface area contributed by atoms with Gasteiger partial charge in [-0.15, -0.1) is 0 Å². The summed E-state index contributed by atoms with van der Waals surface area (Å²) < 4.78 is 1.36. The fraction of sp³-hybridized carbons (Fsp3) is 0.545. The lowest BCUT2D eigenvalue weighted by molar-refractivity contribution is -0.133. The quantitative estimate of drug-likeness (QED) is 0.714. The Kier molecular flexibility index (Phi) is 6.34. The van der Waals surface area contributed by atoms with E-state index in [0.717, 1.165) is 68.7 Å². The maximum absolute atomic E-state index is 12.7. The van der Waals surface area contributed by atoms with Gasteiger partial charge in [0, 0.05) is 57.1 Å². The molecule has 7 heteroatoms. The van der Waals surface area contributed by atoms with Crippen LogP contribution >= 0.6 is 0 Å². The molecule has 0 radical (unpaired) electrons. The van der Waals surface area contributed by atoms with Gasteiger partial charge >= 0.3 is 0 Å². The number of piperazine rings is 1. The van der Waals surface area contributed by atoms with Crippen LogP contribution in [0.1, 0.15) is 36.2 Å². The Labute approximate surface area is 171 Å². The Hall–Kier alpha value is -2.54. The molecule has 1 aliphatic heterocycles. The number of fused-ring (bicyclic) bond motifs is 1. The predicted octanol–water partition coefficient (Wildman–Crippen LogP) is 1.29. The van der Waals surface area contributed by atoms with Gasteiger partial charge in [0.1, 0.15) is 6.54 Å². The van der Waals surface area contributed by atoms with Crippen LogP contribution in [0.5, 0.6) is 0 Å². The summed E-state index contributed by atoms with van der Waals surface area (Å²) in [7, 11) is 0. The van der Waals surface area contributed by atoms with Crippen LogP contribution in [0.25, 0.3) is 0 Å². The molecule has 3 heterocycles. The minimum Gasteiger partial charge on any atom is -0.339 e. The zero-order valence-electron chi connectivity index (χ0n) is 16.9. The lowest BCUT2D eigenvalue weighted by Gasteiger charge is -2.34. The first kappa shape index (κ1) is 19.8. The van der Waals surface area contributed by atoms with Crippen LogP contribution in [0.15, 0.2) is 35.3 Å². The molecule has 0 unspecified atom stereocenters. The molecule has 1 amide bonds. The Morgan fingerprint density at radius 3 is 2.66 bits per heavy atom. The largest absolute Gasteiger partial charge is 0.339 e. The van der Waals surface area contributed by atoms with Crippen molar-refractivity contribution in [1.29, 1.82) is 0 Å². The second-order valence-electron chi connectivity index (χ2n) is 7.97. The summed E-state index contributed by atoms with van der Waals surface area (Å²) in [5, 5.41) is 4.52. The van der Waals surface area contributed by atoms with Crippen LogP contribution in [-0.2, 0) is 30.6 Å². The molecule has 7 nitrogen and oxygen atoms in total.